The second kappa shape index (κ2) is 6.67. The second-order valence-corrected chi connectivity index (χ2v) is 6.33. The highest BCUT2D eigenvalue weighted by Crippen LogP contribution is 2.20. The van der Waals surface area contributed by atoms with Crippen molar-refractivity contribution in [3.05, 3.63) is 53.0 Å². The Balaban J connectivity index is 2.04. The van der Waals surface area contributed by atoms with Crippen molar-refractivity contribution in [3.8, 4) is 0 Å². The number of amides is 1. The largest absolute Gasteiger partial charge is 0.397 e. The van der Waals surface area contributed by atoms with Gasteiger partial charge in [-0.05, 0) is 40.2 Å². The van der Waals surface area contributed by atoms with Crippen LogP contribution in [0.3, 0.4) is 0 Å². The minimum atomic E-state index is -1.41. The number of nitrogens with two attached hydrogens (primary N) is 1. The zero-order valence-electron chi connectivity index (χ0n) is 10.5. The summed E-state index contributed by atoms with van der Waals surface area (Å²) in [5.74, 6) is -0.450. The van der Waals surface area contributed by atoms with Crippen LogP contribution in [0.25, 0.3) is 0 Å². The van der Waals surface area contributed by atoms with Crippen molar-refractivity contribution in [2.75, 3.05) is 16.8 Å². The zero-order valence-corrected chi connectivity index (χ0v) is 12.9. The van der Waals surface area contributed by atoms with Crippen LogP contribution in [0.2, 0.25) is 0 Å². The summed E-state index contributed by atoms with van der Waals surface area (Å²) in [5.41, 5.74) is 6.75. The molecule has 3 N–H and O–H groups in total. The van der Waals surface area contributed by atoms with Crippen LogP contribution < -0.4 is 11.1 Å². The van der Waals surface area contributed by atoms with Gasteiger partial charge in [-0.1, -0.05) is 24.3 Å². The van der Waals surface area contributed by atoms with Gasteiger partial charge in [0.1, 0.15) is 5.75 Å². The van der Waals surface area contributed by atoms with Gasteiger partial charge in [-0.25, -0.2) is 0 Å². The van der Waals surface area contributed by atoms with Gasteiger partial charge in [0, 0.05) is 4.47 Å². The van der Waals surface area contributed by atoms with Crippen LogP contribution in [-0.2, 0) is 15.6 Å². The number of carbonyl (C=O) groups excluding carboxylic acids is 1. The molecule has 104 valence electrons. The first kappa shape index (κ1) is 14.7. The van der Waals surface area contributed by atoms with Gasteiger partial charge in [0.15, 0.2) is 0 Å². The molecule has 0 saturated carbocycles. The number of carbonyl (C=O) groups is 1. The monoisotopic (exact) mass is 352 g/mol. The molecule has 0 heterocycles. The van der Waals surface area contributed by atoms with E-state index < -0.39 is 10.8 Å². The fraction of sp³-hybridized carbons (Fsp3) is 0.0714. The molecule has 0 bridgehead atoms. The normalized spacial score (nSPS) is 11.8. The Bertz CT molecular complexity index is 661. The highest BCUT2D eigenvalue weighted by atomic mass is 79.9. The first-order valence-corrected chi connectivity index (χ1v) is 7.96. The standard InChI is InChI=1S/C14H13BrN2O2S/c15-10-5-1-4-8-13(10)20(19)9-14(18)17-12-7-3-2-6-11(12)16/h1-8H,9,16H2,(H,17,18). The van der Waals surface area contributed by atoms with Crippen LogP contribution in [0.5, 0.6) is 0 Å². The Labute approximate surface area is 128 Å². The van der Waals surface area contributed by atoms with Gasteiger partial charge in [-0.15, -0.1) is 0 Å². The van der Waals surface area contributed by atoms with E-state index in [0.717, 1.165) is 4.47 Å². The number of nitrogen functional groups attached to an aromatic ring is 1. The van der Waals surface area contributed by atoms with Gasteiger partial charge >= 0.3 is 0 Å². The summed E-state index contributed by atoms with van der Waals surface area (Å²) < 4.78 is 12.9. The van der Waals surface area contributed by atoms with Crippen LogP contribution in [0, 0.1) is 0 Å². The molecule has 1 unspecified atom stereocenters. The summed E-state index contributed by atoms with van der Waals surface area (Å²) >= 11 is 3.32. The third kappa shape index (κ3) is 3.68. The first-order valence-electron chi connectivity index (χ1n) is 5.85. The molecule has 0 fully saturated rings. The molecule has 0 aromatic heterocycles. The molecule has 6 heteroatoms. The van der Waals surface area contributed by atoms with Crippen molar-refractivity contribution in [3.63, 3.8) is 0 Å². The number of nitrogens with one attached hydrogen (secondary N) is 1. The lowest BCUT2D eigenvalue weighted by Gasteiger charge is -2.08. The quantitative estimate of drug-likeness (QED) is 0.831. The smallest absolute Gasteiger partial charge is 0.237 e. The SMILES string of the molecule is Nc1ccccc1NC(=O)CS(=O)c1ccccc1Br. The molecular weight excluding hydrogens is 340 g/mol. The average molecular weight is 353 g/mol. The molecule has 2 aromatic rings. The van der Waals surface area contributed by atoms with E-state index in [1.165, 1.54) is 0 Å². The highest BCUT2D eigenvalue weighted by molar-refractivity contribution is 9.10. The summed E-state index contributed by atoms with van der Waals surface area (Å²) in [4.78, 5) is 12.5. The third-order valence-electron chi connectivity index (χ3n) is 2.58. The van der Waals surface area contributed by atoms with Gasteiger partial charge < -0.3 is 11.1 Å². The van der Waals surface area contributed by atoms with Gasteiger partial charge in [-0.3, -0.25) is 9.00 Å². The summed E-state index contributed by atoms with van der Waals surface area (Å²) in [6, 6.07) is 14.1. The van der Waals surface area contributed by atoms with E-state index in [4.69, 9.17) is 5.73 Å². The number of hydrogen-bond acceptors (Lipinski definition) is 3. The Morgan fingerprint density at radius 3 is 2.50 bits per heavy atom. The Hall–Kier alpha value is -1.66. The lowest BCUT2D eigenvalue weighted by Crippen LogP contribution is -2.20. The summed E-state index contributed by atoms with van der Waals surface area (Å²) in [7, 11) is -1.41. The maximum atomic E-state index is 12.1. The maximum Gasteiger partial charge on any atom is 0.237 e. The molecule has 0 aliphatic carbocycles. The molecule has 2 aromatic carbocycles. The molecule has 1 atom stereocenters. The van der Waals surface area contributed by atoms with E-state index in [-0.39, 0.29) is 11.7 Å². The molecule has 0 radical (unpaired) electrons. The van der Waals surface area contributed by atoms with Crippen molar-refractivity contribution in [2.45, 2.75) is 4.90 Å². The number of halogens is 1. The summed E-state index contributed by atoms with van der Waals surface area (Å²) in [5, 5.41) is 2.66. The van der Waals surface area contributed by atoms with Crippen LogP contribution in [-0.4, -0.2) is 15.9 Å². The van der Waals surface area contributed by atoms with Gasteiger partial charge in [0.2, 0.25) is 5.91 Å². The number of benzene rings is 2. The number of rotatable bonds is 4. The minimum Gasteiger partial charge on any atom is -0.397 e. The van der Waals surface area contributed by atoms with Crippen LogP contribution in [0.4, 0.5) is 11.4 Å². The fourth-order valence-corrected chi connectivity index (χ4v) is 3.43. The van der Waals surface area contributed by atoms with E-state index in [2.05, 4.69) is 21.2 Å². The molecule has 20 heavy (non-hydrogen) atoms. The lowest BCUT2D eigenvalue weighted by atomic mass is 10.3. The van der Waals surface area contributed by atoms with E-state index in [1.54, 1.807) is 42.5 Å². The number of hydrogen-bond donors (Lipinski definition) is 2. The number of para-hydroxylation sites is 2. The molecule has 0 aliphatic heterocycles. The van der Waals surface area contributed by atoms with Crippen molar-refractivity contribution in [2.24, 2.45) is 0 Å². The molecule has 0 spiro atoms. The summed E-state index contributed by atoms with van der Waals surface area (Å²) in [6.45, 7) is 0. The highest BCUT2D eigenvalue weighted by Gasteiger charge is 2.13. The second-order valence-electron chi connectivity index (χ2n) is 4.06. The molecule has 4 nitrogen and oxygen atoms in total. The van der Waals surface area contributed by atoms with Crippen LogP contribution in [0.15, 0.2) is 57.9 Å². The van der Waals surface area contributed by atoms with Crippen molar-refractivity contribution in [1.29, 1.82) is 0 Å². The Morgan fingerprint density at radius 2 is 1.80 bits per heavy atom. The van der Waals surface area contributed by atoms with Crippen molar-refractivity contribution < 1.29 is 9.00 Å². The number of anilines is 2. The van der Waals surface area contributed by atoms with E-state index in [0.29, 0.717) is 16.3 Å². The van der Waals surface area contributed by atoms with E-state index >= 15 is 0 Å². The molecule has 2 rings (SSSR count). The molecule has 1 amide bonds. The molecule has 0 saturated heterocycles. The van der Waals surface area contributed by atoms with Gasteiger partial charge in [-0.2, -0.15) is 0 Å². The molecule has 0 aliphatic rings. The van der Waals surface area contributed by atoms with Crippen LogP contribution >= 0.6 is 15.9 Å². The predicted molar refractivity (Wildman–Crippen MR) is 84.9 cm³/mol. The first-order chi connectivity index (χ1) is 9.58. The predicted octanol–water partition coefficient (Wildman–Crippen LogP) is 2.78. The van der Waals surface area contributed by atoms with E-state index in [9.17, 15) is 9.00 Å². The van der Waals surface area contributed by atoms with Crippen molar-refractivity contribution >= 4 is 44.0 Å². The minimum absolute atomic E-state index is 0.114. The fourth-order valence-electron chi connectivity index (χ4n) is 1.62. The summed E-state index contributed by atoms with van der Waals surface area (Å²) in [6.07, 6.45) is 0. The lowest BCUT2D eigenvalue weighted by molar-refractivity contribution is -0.113. The maximum absolute atomic E-state index is 12.1. The zero-order chi connectivity index (χ0) is 14.5. The Kier molecular flexibility index (Phi) is 4.92. The van der Waals surface area contributed by atoms with Gasteiger partial charge in [0.05, 0.1) is 27.1 Å². The topological polar surface area (TPSA) is 72.2 Å². The van der Waals surface area contributed by atoms with Crippen LogP contribution in [0.1, 0.15) is 0 Å². The Morgan fingerprint density at radius 1 is 1.15 bits per heavy atom. The molecular formula is C14H13BrN2O2S. The third-order valence-corrected chi connectivity index (χ3v) is 4.90. The average Bonchev–Trinajstić information content (AvgIpc) is 2.41. The van der Waals surface area contributed by atoms with Gasteiger partial charge in [0.25, 0.3) is 0 Å². The van der Waals surface area contributed by atoms with E-state index in [1.807, 2.05) is 6.07 Å². The van der Waals surface area contributed by atoms with Crippen molar-refractivity contribution in [1.82, 2.24) is 0 Å².